The minimum atomic E-state index is -4.06. The van der Waals surface area contributed by atoms with Crippen molar-refractivity contribution in [2.24, 2.45) is 4.99 Å². The number of hydrogen-bond acceptors (Lipinski definition) is 8. The Hall–Kier alpha value is -4.95. The van der Waals surface area contributed by atoms with Gasteiger partial charge in [0.05, 0.1) is 30.7 Å². The Morgan fingerprint density at radius 3 is 2.49 bits per heavy atom. The predicted molar refractivity (Wildman–Crippen MR) is 175 cm³/mol. The summed E-state index contributed by atoms with van der Waals surface area (Å²) in [6.45, 7) is 2.54. The summed E-state index contributed by atoms with van der Waals surface area (Å²) >= 11 is 0. The van der Waals surface area contributed by atoms with Crippen molar-refractivity contribution in [1.82, 2.24) is 9.62 Å². The Balaban J connectivity index is 1.17. The van der Waals surface area contributed by atoms with Crippen molar-refractivity contribution in [2.45, 2.75) is 55.7 Å². The Morgan fingerprint density at radius 1 is 1.04 bits per heavy atom. The van der Waals surface area contributed by atoms with Crippen LogP contribution in [0.5, 0.6) is 5.75 Å². The molecule has 2 aliphatic heterocycles. The smallest absolute Gasteiger partial charge is 0.323 e. The minimum Gasteiger partial charge on any atom is -0.495 e. The molecule has 0 radical (unpaired) electrons. The molecule has 4 N–H and O–H groups in total. The van der Waals surface area contributed by atoms with E-state index in [1.807, 2.05) is 25.1 Å². The van der Waals surface area contributed by atoms with E-state index in [0.29, 0.717) is 41.6 Å². The quantitative estimate of drug-likeness (QED) is 0.226. The molecule has 0 aromatic heterocycles. The highest BCUT2D eigenvalue weighted by atomic mass is 32.2. The molecule has 1 fully saturated rings. The topological polar surface area (TPSA) is 176 Å². The van der Waals surface area contributed by atoms with Crippen LogP contribution in [0.25, 0.3) is 0 Å². The van der Waals surface area contributed by atoms with Crippen molar-refractivity contribution in [1.29, 1.82) is 0 Å². The Labute approximate surface area is 273 Å². The zero-order valence-corrected chi connectivity index (χ0v) is 26.8. The molecular weight excluding hydrogens is 626 g/mol. The fourth-order valence-electron chi connectivity index (χ4n) is 5.60. The third-order valence-electron chi connectivity index (χ3n) is 8.01. The summed E-state index contributed by atoms with van der Waals surface area (Å²) in [6.07, 6.45) is 0.622. The van der Waals surface area contributed by atoms with Crippen molar-refractivity contribution in [2.75, 3.05) is 30.8 Å². The number of carbonyl (C=O) groups is 3. The lowest BCUT2D eigenvalue weighted by atomic mass is 10.1. The molecule has 2 aliphatic rings. The van der Waals surface area contributed by atoms with Gasteiger partial charge in [0.2, 0.25) is 21.8 Å². The number of para-hydroxylation sites is 1. The SMILES string of the molecule is COc1cc(CC(=O)N2CCCC2C2=NCC(CC(NS(=O)(=O)c3ccccc3)C(=O)O)O2)ccc1NC(=O)Nc1ccccc1C. The zero-order valence-electron chi connectivity index (χ0n) is 26.0. The first-order valence-corrected chi connectivity index (χ1v) is 16.6. The van der Waals surface area contributed by atoms with E-state index < -0.39 is 40.2 Å². The number of carboxylic acids is 1. The number of aryl methyl sites for hydroxylation is 1. The number of benzene rings is 3. The first-order valence-electron chi connectivity index (χ1n) is 15.1. The maximum atomic E-state index is 13.5. The third kappa shape index (κ3) is 8.26. The number of anilines is 2. The maximum absolute atomic E-state index is 13.5. The van der Waals surface area contributed by atoms with Crippen molar-refractivity contribution in [3.05, 3.63) is 83.9 Å². The van der Waals surface area contributed by atoms with Gasteiger partial charge in [0, 0.05) is 18.7 Å². The van der Waals surface area contributed by atoms with Gasteiger partial charge in [-0.1, -0.05) is 42.5 Å². The highest BCUT2D eigenvalue weighted by Gasteiger charge is 2.38. The standard InChI is InChI=1S/C33H37N5O8S/c1-21-9-6-7-12-25(21)35-33(42)36-26-15-14-22(17-29(26)45-2)18-30(39)38-16-8-13-28(38)31-34-20-23(46-31)19-27(32(40)41)37-47(43,44)24-10-4-3-5-11-24/h3-7,9-12,14-15,17,23,27-28,37H,8,13,16,18-20H2,1-2H3,(H,40,41)(H2,35,36,42). The number of urea groups is 1. The van der Waals surface area contributed by atoms with E-state index in [2.05, 4.69) is 20.3 Å². The van der Waals surface area contributed by atoms with Crippen LogP contribution in [0.2, 0.25) is 0 Å². The monoisotopic (exact) mass is 663 g/mol. The van der Waals surface area contributed by atoms with Crippen molar-refractivity contribution < 1.29 is 37.4 Å². The van der Waals surface area contributed by atoms with E-state index in [9.17, 15) is 27.9 Å². The third-order valence-corrected chi connectivity index (χ3v) is 9.49. The second kappa shape index (κ2) is 14.6. The van der Waals surface area contributed by atoms with E-state index in [-0.39, 0.29) is 30.2 Å². The Kier molecular flexibility index (Phi) is 10.4. The van der Waals surface area contributed by atoms with Gasteiger partial charge in [-0.15, -0.1) is 0 Å². The summed E-state index contributed by atoms with van der Waals surface area (Å²) in [6, 6.07) is 17.8. The lowest BCUT2D eigenvalue weighted by molar-refractivity contribution is -0.139. The van der Waals surface area contributed by atoms with E-state index in [1.165, 1.54) is 19.2 Å². The van der Waals surface area contributed by atoms with Crippen molar-refractivity contribution in [3.8, 4) is 5.75 Å². The summed E-state index contributed by atoms with van der Waals surface area (Å²) in [5.74, 6) is -0.743. The van der Waals surface area contributed by atoms with Gasteiger partial charge in [-0.3, -0.25) is 9.59 Å². The van der Waals surface area contributed by atoms with Crippen LogP contribution >= 0.6 is 0 Å². The molecule has 3 unspecified atom stereocenters. The number of aliphatic carboxylic acids is 1. The van der Waals surface area contributed by atoms with Crippen molar-refractivity contribution >= 4 is 45.2 Å². The summed E-state index contributed by atoms with van der Waals surface area (Å²) in [4.78, 5) is 44.2. The first-order chi connectivity index (χ1) is 22.5. The Morgan fingerprint density at radius 2 is 1.77 bits per heavy atom. The van der Waals surface area contributed by atoms with Crippen LogP contribution in [0.1, 0.15) is 30.4 Å². The predicted octanol–water partition coefficient (Wildman–Crippen LogP) is 3.80. The number of amides is 3. The fraction of sp³-hybridized carbons (Fsp3) is 0.333. The van der Waals surface area contributed by atoms with Crippen LogP contribution in [0.4, 0.5) is 16.2 Å². The van der Waals surface area contributed by atoms with Gasteiger partial charge in [-0.25, -0.2) is 18.2 Å². The molecule has 0 saturated carbocycles. The number of methoxy groups -OCH3 is 1. The van der Waals surface area contributed by atoms with Gasteiger partial charge < -0.3 is 30.1 Å². The van der Waals surface area contributed by atoms with Crippen LogP contribution in [-0.4, -0.2) is 80.6 Å². The number of sulfonamides is 1. The largest absolute Gasteiger partial charge is 0.495 e. The lowest BCUT2D eigenvalue weighted by Crippen LogP contribution is -2.44. The normalized spacial score (nSPS) is 18.2. The number of carboxylic acid groups (broad SMARTS) is 1. The summed E-state index contributed by atoms with van der Waals surface area (Å²) < 4.78 is 39.2. The number of ether oxygens (including phenoxy) is 2. The van der Waals surface area contributed by atoms with Gasteiger partial charge in [-0.05, 0) is 61.2 Å². The van der Waals surface area contributed by atoms with Gasteiger partial charge in [-0.2, -0.15) is 4.72 Å². The maximum Gasteiger partial charge on any atom is 0.323 e. The van der Waals surface area contributed by atoms with Crippen LogP contribution in [0, 0.1) is 6.92 Å². The zero-order chi connectivity index (χ0) is 33.6. The average Bonchev–Trinajstić information content (AvgIpc) is 3.73. The van der Waals surface area contributed by atoms with Gasteiger partial charge in [0.25, 0.3) is 0 Å². The highest BCUT2D eigenvalue weighted by molar-refractivity contribution is 7.89. The molecule has 3 aromatic rings. The van der Waals surface area contributed by atoms with E-state index in [0.717, 1.165) is 12.0 Å². The molecular formula is C33H37N5O8S. The van der Waals surface area contributed by atoms with Crippen LogP contribution in [0.3, 0.4) is 0 Å². The number of hydrogen-bond donors (Lipinski definition) is 4. The first kappa shape index (κ1) is 33.4. The van der Waals surface area contributed by atoms with Gasteiger partial charge in [0.1, 0.15) is 23.9 Å². The molecule has 14 heteroatoms. The minimum absolute atomic E-state index is 0.0391. The molecule has 2 heterocycles. The number of nitrogens with zero attached hydrogens (tertiary/aromatic N) is 2. The molecule has 0 spiro atoms. The molecule has 0 aliphatic carbocycles. The highest BCUT2D eigenvalue weighted by Crippen LogP contribution is 2.29. The molecule has 5 rings (SSSR count). The number of aliphatic imine (C=N–C) groups is 1. The fourth-order valence-corrected chi connectivity index (χ4v) is 6.82. The van der Waals surface area contributed by atoms with E-state index in [4.69, 9.17) is 9.47 Å². The molecule has 47 heavy (non-hydrogen) atoms. The summed E-state index contributed by atoms with van der Waals surface area (Å²) in [5.41, 5.74) is 2.73. The average molecular weight is 664 g/mol. The summed E-state index contributed by atoms with van der Waals surface area (Å²) in [5, 5.41) is 15.3. The molecule has 0 bridgehead atoms. The lowest BCUT2D eigenvalue weighted by Gasteiger charge is -2.26. The van der Waals surface area contributed by atoms with E-state index in [1.54, 1.807) is 47.4 Å². The molecule has 3 aromatic carbocycles. The second-order valence-electron chi connectivity index (χ2n) is 11.3. The van der Waals surface area contributed by atoms with Gasteiger partial charge >= 0.3 is 12.0 Å². The number of likely N-dealkylation sites (tertiary alicyclic amines) is 1. The molecule has 3 atom stereocenters. The van der Waals surface area contributed by atoms with Gasteiger partial charge in [0.15, 0.2) is 0 Å². The number of rotatable bonds is 12. The van der Waals surface area contributed by atoms with Crippen LogP contribution in [0.15, 0.2) is 82.7 Å². The van der Waals surface area contributed by atoms with Crippen LogP contribution < -0.4 is 20.1 Å². The number of nitrogens with one attached hydrogen (secondary N) is 3. The Bertz CT molecular complexity index is 1770. The van der Waals surface area contributed by atoms with Crippen LogP contribution in [-0.2, 0) is 30.8 Å². The van der Waals surface area contributed by atoms with Crippen molar-refractivity contribution in [3.63, 3.8) is 0 Å². The second-order valence-corrected chi connectivity index (χ2v) is 13.0. The molecule has 3 amide bonds. The van der Waals surface area contributed by atoms with E-state index >= 15 is 0 Å². The number of carbonyl (C=O) groups excluding carboxylic acids is 2. The summed E-state index contributed by atoms with van der Waals surface area (Å²) in [7, 11) is -2.58. The molecule has 13 nitrogen and oxygen atoms in total. The molecule has 248 valence electrons. The molecule has 1 saturated heterocycles.